The number of anilines is 1. The molecule has 4 nitrogen and oxygen atoms in total. The SMILES string of the molecule is C=C/C=C(C)/C(=C\C)NCCCN(C)CCCCNc1ccnc2cc(Cl)ccc12. The lowest BCUT2D eigenvalue weighted by Gasteiger charge is -2.18. The van der Waals surface area contributed by atoms with E-state index in [1.807, 2.05) is 42.6 Å². The maximum Gasteiger partial charge on any atom is 0.0737 e. The van der Waals surface area contributed by atoms with Crippen LogP contribution in [0.15, 0.2) is 66.5 Å². The number of hydrogen-bond acceptors (Lipinski definition) is 4. The van der Waals surface area contributed by atoms with Crippen molar-refractivity contribution in [2.45, 2.75) is 33.1 Å². The van der Waals surface area contributed by atoms with Crippen molar-refractivity contribution >= 4 is 28.2 Å². The largest absolute Gasteiger partial charge is 0.385 e. The molecule has 5 heteroatoms. The van der Waals surface area contributed by atoms with Crippen molar-refractivity contribution in [1.29, 1.82) is 0 Å². The Morgan fingerprint density at radius 2 is 1.97 bits per heavy atom. The van der Waals surface area contributed by atoms with Crippen LogP contribution in [-0.4, -0.2) is 43.1 Å². The lowest BCUT2D eigenvalue weighted by Crippen LogP contribution is -2.25. The Morgan fingerprint density at radius 1 is 1.17 bits per heavy atom. The number of aromatic nitrogens is 1. The van der Waals surface area contributed by atoms with Gasteiger partial charge in [-0.3, -0.25) is 4.98 Å². The molecule has 0 aliphatic heterocycles. The zero-order valence-electron chi connectivity index (χ0n) is 18.5. The monoisotopic (exact) mass is 426 g/mol. The van der Waals surface area contributed by atoms with E-state index in [0.717, 1.165) is 60.6 Å². The standard InChI is InChI=1S/C25H35ClN4/c1-5-10-20(3)23(6-2)27-15-9-18-30(4)17-8-7-14-28-24-13-16-29-25-19-21(26)11-12-22(24)25/h5-6,10-13,16,19,27H,1,7-9,14-15,17-18H2,2-4H3,(H,28,29)/b20-10+,23-6+. The van der Waals surface area contributed by atoms with Gasteiger partial charge in [0.15, 0.2) is 0 Å². The first-order valence-electron chi connectivity index (χ1n) is 10.7. The van der Waals surface area contributed by atoms with Crippen molar-refractivity contribution in [1.82, 2.24) is 15.2 Å². The van der Waals surface area contributed by atoms with Gasteiger partial charge in [-0.25, -0.2) is 0 Å². The topological polar surface area (TPSA) is 40.2 Å². The molecule has 0 radical (unpaired) electrons. The van der Waals surface area contributed by atoms with Gasteiger partial charge in [-0.05, 0) is 83.1 Å². The molecule has 2 N–H and O–H groups in total. The van der Waals surface area contributed by atoms with Crippen LogP contribution in [0.1, 0.15) is 33.1 Å². The molecule has 162 valence electrons. The Balaban J connectivity index is 1.62. The van der Waals surface area contributed by atoms with Crippen LogP contribution in [0.4, 0.5) is 5.69 Å². The average molecular weight is 427 g/mol. The molecule has 0 unspecified atom stereocenters. The number of unbranched alkanes of at least 4 members (excludes halogenated alkanes) is 1. The summed E-state index contributed by atoms with van der Waals surface area (Å²) in [6, 6.07) is 7.88. The van der Waals surface area contributed by atoms with Crippen LogP contribution < -0.4 is 10.6 Å². The quantitative estimate of drug-likeness (QED) is 0.303. The van der Waals surface area contributed by atoms with Gasteiger partial charge in [0.2, 0.25) is 0 Å². The van der Waals surface area contributed by atoms with Crippen molar-refractivity contribution in [2.75, 3.05) is 38.5 Å². The van der Waals surface area contributed by atoms with Crippen molar-refractivity contribution < 1.29 is 0 Å². The molecule has 0 saturated carbocycles. The van der Waals surface area contributed by atoms with Gasteiger partial charge in [-0.2, -0.15) is 0 Å². The van der Waals surface area contributed by atoms with E-state index in [4.69, 9.17) is 11.6 Å². The number of nitrogens with zero attached hydrogens (tertiary/aromatic N) is 2. The summed E-state index contributed by atoms with van der Waals surface area (Å²) in [5.74, 6) is 0. The molecule has 1 aromatic heterocycles. The molecule has 1 heterocycles. The minimum absolute atomic E-state index is 0.718. The number of halogens is 1. The first-order valence-corrected chi connectivity index (χ1v) is 11.1. The molecule has 0 amide bonds. The fraction of sp³-hybridized carbons (Fsp3) is 0.400. The minimum atomic E-state index is 0.718. The second kappa shape index (κ2) is 13.1. The number of fused-ring (bicyclic) bond motifs is 1. The van der Waals surface area contributed by atoms with Crippen molar-refractivity contribution in [2.24, 2.45) is 0 Å². The van der Waals surface area contributed by atoms with E-state index in [2.05, 4.69) is 54.1 Å². The van der Waals surface area contributed by atoms with Gasteiger partial charge in [-0.1, -0.05) is 36.4 Å². The highest BCUT2D eigenvalue weighted by atomic mass is 35.5. The molecule has 0 atom stereocenters. The molecule has 1 aromatic carbocycles. The highest BCUT2D eigenvalue weighted by Crippen LogP contribution is 2.24. The van der Waals surface area contributed by atoms with E-state index in [1.54, 1.807) is 0 Å². The van der Waals surface area contributed by atoms with Crippen molar-refractivity contribution in [3.63, 3.8) is 0 Å². The fourth-order valence-electron chi connectivity index (χ4n) is 3.42. The summed E-state index contributed by atoms with van der Waals surface area (Å²) in [5, 5.41) is 8.89. The van der Waals surface area contributed by atoms with Crippen LogP contribution in [-0.2, 0) is 0 Å². The van der Waals surface area contributed by atoms with Gasteiger partial charge in [0.25, 0.3) is 0 Å². The average Bonchev–Trinajstić information content (AvgIpc) is 2.73. The van der Waals surface area contributed by atoms with Crippen LogP contribution >= 0.6 is 11.6 Å². The highest BCUT2D eigenvalue weighted by molar-refractivity contribution is 6.31. The number of allylic oxidation sites excluding steroid dienone is 4. The summed E-state index contributed by atoms with van der Waals surface area (Å²) < 4.78 is 0. The van der Waals surface area contributed by atoms with E-state index in [0.29, 0.717) is 0 Å². The van der Waals surface area contributed by atoms with E-state index >= 15 is 0 Å². The first kappa shape index (κ1) is 24.0. The summed E-state index contributed by atoms with van der Waals surface area (Å²) in [4.78, 5) is 6.80. The number of nitrogens with one attached hydrogen (secondary N) is 2. The number of pyridine rings is 1. The Bertz CT molecular complexity index is 873. The molecule has 0 aliphatic carbocycles. The van der Waals surface area contributed by atoms with Crippen molar-refractivity contribution in [3.05, 3.63) is 71.6 Å². The van der Waals surface area contributed by atoms with Crippen LogP contribution in [0.3, 0.4) is 0 Å². The second-order valence-electron chi connectivity index (χ2n) is 7.53. The first-order chi connectivity index (χ1) is 14.5. The van der Waals surface area contributed by atoms with Gasteiger partial charge < -0.3 is 15.5 Å². The molecular weight excluding hydrogens is 392 g/mol. The van der Waals surface area contributed by atoms with Crippen LogP contribution in [0.5, 0.6) is 0 Å². The maximum absolute atomic E-state index is 6.06. The molecule has 0 aliphatic rings. The Hall–Kier alpha value is -2.30. The van der Waals surface area contributed by atoms with Crippen LogP contribution in [0.2, 0.25) is 5.02 Å². The number of rotatable bonds is 13. The third-order valence-electron chi connectivity index (χ3n) is 5.10. The molecule has 2 rings (SSSR count). The number of benzene rings is 1. The van der Waals surface area contributed by atoms with E-state index in [9.17, 15) is 0 Å². The third-order valence-corrected chi connectivity index (χ3v) is 5.34. The van der Waals surface area contributed by atoms with Crippen LogP contribution in [0.25, 0.3) is 10.9 Å². The Labute approximate surface area is 186 Å². The van der Waals surface area contributed by atoms with Gasteiger partial charge >= 0.3 is 0 Å². The summed E-state index contributed by atoms with van der Waals surface area (Å²) in [7, 11) is 2.20. The maximum atomic E-state index is 6.06. The lowest BCUT2D eigenvalue weighted by molar-refractivity contribution is 0.322. The second-order valence-corrected chi connectivity index (χ2v) is 7.96. The molecule has 0 bridgehead atoms. The summed E-state index contributed by atoms with van der Waals surface area (Å²) in [6.07, 6.45) is 11.2. The zero-order chi connectivity index (χ0) is 21.8. The molecule has 30 heavy (non-hydrogen) atoms. The van der Waals surface area contributed by atoms with Crippen LogP contribution in [0, 0.1) is 0 Å². The molecule has 0 spiro atoms. The number of hydrogen-bond donors (Lipinski definition) is 2. The van der Waals surface area contributed by atoms with Gasteiger partial charge in [0.05, 0.1) is 5.52 Å². The van der Waals surface area contributed by atoms with Crippen molar-refractivity contribution in [3.8, 4) is 0 Å². The summed E-state index contributed by atoms with van der Waals surface area (Å²) >= 11 is 6.06. The zero-order valence-corrected chi connectivity index (χ0v) is 19.3. The van der Waals surface area contributed by atoms with Gasteiger partial charge in [0.1, 0.15) is 0 Å². The van der Waals surface area contributed by atoms with E-state index in [-0.39, 0.29) is 0 Å². The van der Waals surface area contributed by atoms with E-state index in [1.165, 1.54) is 17.7 Å². The van der Waals surface area contributed by atoms with Gasteiger partial charge in [-0.15, -0.1) is 0 Å². The minimum Gasteiger partial charge on any atom is -0.385 e. The van der Waals surface area contributed by atoms with Gasteiger partial charge in [0, 0.05) is 41.1 Å². The molecule has 0 fully saturated rings. The van der Waals surface area contributed by atoms with E-state index < -0.39 is 0 Å². The predicted octanol–water partition coefficient (Wildman–Crippen LogP) is 6.03. The molecular formula is C25H35ClN4. The fourth-order valence-corrected chi connectivity index (χ4v) is 3.59. The summed E-state index contributed by atoms with van der Waals surface area (Å²) in [6.45, 7) is 12.1. The summed E-state index contributed by atoms with van der Waals surface area (Å²) in [5.41, 5.74) is 4.46. The normalized spacial score (nSPS) is 12.4. The molecule has 2 aromatic rings. The Morgan fingerprint density at radius 3 is 2.73 bits per heavy atom. The predicted molar refractivity (Wildman–Crippen MR) is 132 cm³/mol. The molecule has 0 saturated heterocycles. The smallest absolute Gasteiger partial charge is 0.0737 e. The Kier molecular flexibility index (Phi) is 10.5. The lowest BCUT2D eigenvalue weighted by atomic mass is 10.2. The third kappa shape index (κ3) is 7.85. The highest BCUT2D eigenvalue weighted by Gasteiger charge is 2.03.